The molecule has 0 saturated carbocycles. The minimum atomic E-state index is -4.67. The number of halogens is 1. The summed E-state index contributed by atoms with van der Waals surface area (Å²) in [6.45, 7) is 8.81. The maximum Gasteiger partial charge on any atom is 1.00 e. The summed E-state index contributed by atoms with van der Waals surface area (Å²) in [6.07, 6.45) is 10.3. The summed E-state index contributed by atoms with van der Waals surface area (Å²) in [5.41, 5.74) is 25.5. The molecule has 0 amide bonds. The molecule has 8 heterocycles. The number of unbranched alkanes of at least 4 members (excludes halogenated alkanes) is 1. The number of aliphatic hydroxyl groups is 1. The first-order valence-electron chi connectivity index (χ1n) is 44.5. The smallest absolute Gasteiger partial charge is 0.481 e. The first-order valence-corrected chi connectivity index (χ1v) is 46.7. The summed E-state index contributed by atoms with van der Waals surface area (Å²) in [6, 6.07) is 129. The maximum absolute atomic E-state index is 12.9. The quantitative estimate of drug-likeness (QED) is 0.0658. The molecule has 1 saturated heterocycles. The van der Waals surface area contributed by atoms with Crippen LogP contribution in [0.2, 0.25) is 0 Å². The zero-order valence-corrected chi connectivity index (χ0v) is 77.0. The number of carboxylic acid groups (broad SMARTS) is 1. The van der Waals surface area contributed by atoms with Crippen LogP contribution in [0.3, 0.4) is 0 Å². The van der Waals surface area contributed by atoms with Crippen LogP contribution in [0.25, 0.3) is 150 Å². The number of aliphatic carboxylic acids is 1. The molecule has 2 aliphatic heterocycles. The number of carbonyl (C=O) groups excluding carboxylic acids is 1. The minimum Gasteiger partial charge on any atom is -0.481 e. The second kappa shape index (κ2) is 39.6. The molecular formula is C115H89BrLiN9O9S. The van der Waals surface area contributed by atoms with Crippen molar-refractivity contribution in [3.8, 4) is 85.0 Å². The Balaban J connectivity index is 0.000000117. The average molecular weight is 1860 g/mol. The fraction of sp³-hybridized carbons (Fsp3) is 0.0870. The van der Waals surface area contributed by atoms with Crippen molar-refractivity contribution in [2.75, 3.05) is 13.2 Å². The average Bonchev–Trinajstić information content (AvgIpc) is 1.52. The summed E-state index contributed by atoms with van der Waals surface area (Å²) in [4.78, 5) is 50.1. The van der Waals surface area contributed by atoms with Crippen LogP contribution in [-0.4, -0.2) is 96.3 Å². The number of rotatable bonds is 7. The number of ether oxygens (including phenoxy) is 1. The molecule has 2 unspecified atom stereocenters. The van der Waals surface area contributed by atoms with E-state index in [0.29, 0.717) is 28.3 Å². The largest absolute Gasteiger partial charge is 1.00 e. The van der Waals surface area contributed by atoms with Crippen LogP contribution >= 0.6 is 15.9 Å². The van der Waals surface area contributed by atoms with E-state index in [1.54, 1.807) is 12.4 Å². The summed E-state index contributed by atoms with van der Waals surface area (Å²) in [7, 11) is -4.67. The van der Waals surface area contributed by atoms with Crippen LogP contribution in [-0.2, 0) is 30.9 Å². The van der Waals surface area contributed by atoms with E-state index in [1.807, 2.05) is 152 Å². The van der Waals surface area contributed by atoms with Gasteiger partial charge in [0.15, 0.2) is 23.3 Å². The number of ketones is 1. The third-order valence-corrected chi connectivity index (χ3v) is 25.4. The van der Waals surface area contributed by atoms with Crippen molar-refractivity contribution >= 4 is 103 Å². The van der Waals surface area contributed by atoms with Crippen LogP contribution in [0.5, 0.6) is 0 Å². The van der Waals surface area contributed by atoms with E-state index in [2.05, 4.69) is 284 Å². The Labute approximate surface area is 806 Å². The SMILES string of the molecule is Brc1ccccc1-n1c2ccccc2c2ccccc21.C1CCOC1.CC(=O)O.O=C1c2ccccc2-c2nc(-c3ccccc3)ncc21.O=S(=O)(O)O.OC1(c2ccccc2-n2c3ccccc3c3ccccc32)c2ccccc2-c2nc(-c3ccccc3)ncc21.[CH2-]CCC.[Li+].c1ccc(-c2ncc3c(n2)-c2ccccc2C32c3ccccc3-n3c4ccccc4c4cccc2c43)cc1. The van der Waals surface area contributed by atoms with E-state index in [9.17, 15) is 9.90 Å². The van der Waals surface area contributed by atoms with Crippen molar-refractivity contribution in [2.24, 2.45) is 0 Å². The molecule has 2 atom stereocenters. The summed E-state index contributed by atoms with van der Waals surface area (Å²) < 4.78 is 44.7. The van der Waals surface area contributed by atoms with Crippen molar-refractivity contribution in [3.05, 3.63) is 456 Å². The van der Waals surface area contributed by atoms with Gasteiger partial charge in [-0.05, 0) is 100 Å². The predicted octanol–water partition coefficient (Wildman–Crippen LogP) is 23.2. The second-order valence-corrected chi connectivity index (χ2v) is 34.6. The molecule has 21 aromatic rings. The van der Waals surface area contributed by atoms with Crippen LogP contribution in [0.1, 0.15) is 94.4 Å². The van der Waals surface area contributed by atoms with Crippen molar-refractivity contribution in [1.29, 1.82) is 0 Å². The van der Waals surface area contributed by atoms with E-state index in [4.69, 9.17) is 52.1 Å². The first kappa shape index (κ1) is 91.4. The standard InChI is InChI=1S/C35H23N3O.C35H21N3.C18H12BrN.C17H10N2O.C4H8O.C4H9.C2H4O2.Li.H2O4S/c39-35(27-17-7-4-16-26(27)33-29(35)22-36-34(37-33)23-12-2-1-3-13-23)28-18-8-11-21-32(28)38-30-19-9-5-14-24(30)25-15-6-10-20-31(25)38;1-2-11-22(12-3-1)34-36-21-29-32(37-34)25-14-4-6-16-26(25)35(29)27-17-7-9-20-31(27)38-30-19-8-5-13-23(30)24-15-10-18-28(35)33(24)38;19-15-9-3-6-12-18(15)20-16-10-4-1-7-13(16)14-8-2-5-11-17(14)20;20-16-13-9-5-4-8-12(13)15-14(16)10-18-17(19-15)11-6-2-1-3-7-11;1-2-4-5-3-1;1-3-4-2;1-2(3)4;;1-5(2,3)4/h1-22,39H;1-21H;1-12H;1-10H;1-4H2;1,3-4H2,2H3;1H3,(H,3,4);;(H2,1,2,3,4)/q;;;;;-1;;+1;. The Morgan fingerprint density at radius 3 is 1.18 bits per heavy atom. The Kier molecular flexibility index (Phi) is 26.6. The Bertz CT molecular complexity index is 8070. The molecular weight excluding hydrogens is 1770 g/mol. The normalized spacial score (nSPS) is 14.3. The van der Waals surface area contributed by atoms with Crippen molar-refractivity contribution in [2.45, 2.75) is 50.5 Å². The van der Waals surface area contributed by atoms with Gasteiger partial charge in [-0.1, -0.05) is 335 Å². The van der Waals surface area contributed by atoms with Gasteiger partial charge in [0.1, 0.15) is 5.60 Å². The molecule has 0 radical (unpaired) electrons. The molecule has 0 bridgehead atoms. The van der Waals surface area contributed by atoms with E-state index < -0.39 is 27.4 Å². The first-order chi connectivity index (χ1) is 66.0. The van der Waals surface area contributed by atoms with Gasteiger partial charge in [0.2, 0.25) is 0 Å². The summed E-state index contributed by atoms with van der Waals surface area (Å²) in [5.74, 6) is 1.22. The molecule has 18 nitrogen and oxygen atoms in total. The molecule has 5 aliphatic rings. The number of hydrogen-bond donors (Lipinski definition) is 4. The number of nitrogens with zero attached hydrogens (tertiary/aromatic N) is 9. The fourth-order valence-electron chi connectivity index (χ4n) is 19.0. The predicted molar refractivity (Wildman–Crippen MR) is 541 cm³/mol. The third kappa shape index (κ3) is 17.1. The van der Waals surface area contributed by atoms with Gasteiger partial charge in [-0.2, -0.15) is 14.8 Å². The molecule has 3 aliphatic carbocycles. The fourth-order valence-corrected chi connectivity index (χ4v) is 19.5. The second-order valence-electron chi connectivity index (χ2n) is 32.8. The summed E-state index contributed by atoms with van der Waals surface area (Å²) in [5, 5.41) is 27.8. The molecule has 15 aromatic carbocycles. The number of hydrogen-bond acceptors (Lipinski definition) is 12. The van der Waals surface area contributed by atoms with Gasteiger partial charge in [0, 0.05) is 137 Å². The molecule has 26 rings (SSSR count). The monoisotopic (exact) mass is 1860 g/mol. The topological polar surface area (TPSA) is 251 Å². The van der Waals surface area contributed by atoms with Gasteiger partial charge in [0.05, 0.1) is 78.2 Å². The van der Waals surface area contributed by atoms with Crippen molar-refractivity contribution in [3.63, 3.8) is 0 Å². The van der Waals surface area contributed by atoms with Gasteiger partial charge in [0.25, 0.3) is 5.97 Å². The molecule has 1 fully saturated rings. The van der Waals surface area contributed by atoms with Crippen molar-refractivity contribution < 1.29 is 60.9 Å². The molecule has 6 aromatic heterocycles. The van der Waals surface area contributed by atoms with Gasteiger partial charge >= 0.3 is 29.3 Å². The third-order valence-electron chi connectivity index (χ3n) is 24.7. The van der Waals surface area contributed by atoms with E-state index in [1.165, 1.54) is 107 Å². The Hall–Kier alpha value is -15.1. The van der Waals surface area contributed by atoms with Gasteiger partial charge < -0.3 is 35.6 Å². The van der Waals surface area contributed by atoms with Crippen LogP contribution in [0, 0.1) is 6.92 Å². The molecule has 21 heteroatoms. The van der Waals surface area contributed by atoms with Crippen LogP contribution in [0.15, 0.2) is 399 Å². The number of carboxylic acids is 1. The zero-order valence-electron chi connectivity index (χ0n) is 74.6. The van der Waals surface area contributed by atoms with E-state index >= 15 is 0 Å². The number of para-hydroxylation sites is 9. The number of aromatic nitrogens is 9. The van der Waals surface area contributed by atoms with Crippen LogP contribution in [0.4, 0.5) is 0 Å². The molecule has 4 N–H and O–H groups in total. The van der Waals surface area contributed by atoms with Crippen molar-refractivity contribution in [1.82, 2.24) is 43.6 Å². The molecule has 1 spiro atoms. The summed E-state index contributed by atoms with van der Waals surface area (Å²) >= 11 is 3.67. The van der Waals surface area contributed by atoms with Gasteiger partial charge in [-0.15, -0.1) is 0 Å². The van der Waals surface area contributed by atoms with E-state index in [0.717, 1.165) is 115 Å². The minimum absolute atomic E-state index is 0. The number of benzene rings is 15. The zero-order chi connectivity index (χ0) is 92.9. The van der Waals surface area contributed by atoms with Crippen LogP contribution < -0.4 is 18.9 Å². The molecule has 136 heavy (non-hydrogen) atoms. The maximum atomic E-state index is 12.9. The van der Waals surface area contributed by atoms with Gasteiger partial charge in [-0.25, -0.2) is 29.9 Å². The Morgan fingerprint density at radius 2 is 0.713 bits per heavy atom. The van der Waals surface area contributed by atoms with Gasteiger partial charge in [-0.3, -0.25) is 18.7 Å². The number of fused-ring (bicyclic) bond motifs is 24. The molecule has 662 valence electrons. The Morgan fingerprint density at radius 1 is 0.382 bits per heavy atom. The van der Waals surface area contributed by atoms with E-state index in [-0.39, 0.29) is 24.6 Å². The number of carbonyl (C=O) groups is 2.